The fourth-order valence-electron chi connectivity index (χ4n) is 3.11. The number of benzene rings is 2. The molecule has 1 N–H and O–H groups in total. The van der Waals surface area contributed by atoms with Gasteiger partial charge in [-0.15, -0.1) is 11.3 Å². The first-order valence-electron chi connectivity index (χ1n) is 8.71. The Morgan fingerprint density at radius 3 is 2.71 bits per heavy atom. The number of ether oxygens (including phenoxy) is 2. The summed E-state index contributed by atoms with van der Waals surface area (Å²) in [4.78, 5) is 29.6. The minimum Gasteiger partial charge on any atom is -0.497 e. The lowest BCUT2D eigenvalue weighted by Crippen LogP contribution is -2.48. The Morgan fingerprint density at radius 1 is 1.21 bits per heavy atom. The first-order valence-corrected chi connectivity index (χ1v) is 9.59. The van der Waals surface area contributed by atoms with Crippen molar-refractivity contribution in [3.05, 3.63) is 65.0 Å². The van der Waals surface area contributed by atoms with Crippen molar-refractivity contribution in [2.24, 2.45) is 0 Å². The summed E-state index contributed by atoms with van der Waals surface area (Å²) >= 11 is 1.32. The van der Waals surface area contributed by atoms with Crippen LogP contribution >= 0.6 is 11.3 Å². The largest absolute Gasteiger partial charge is 0.497 e. The quantitative estimate of drug-likeness (QED) is 0.679. The van der Waals surface area contributed by atoms with Gasteiger partial charge < -0.3 is 9.47 Å². The van der Waals surface area contributed by atoms with Gasteiger partial charge in [0.05, 0.1) is 18.4 Å². The molecule has 1 atom stereocenters. The third kappa shape index (κ3) is 3.36. The van der Waals surface area contributed by atoms with Crippen molar-refractivity contribution in [3.63, 3.8) is 0 Å². The van der Waals surface area contributed by atoms with Gasteiger partial charge in [-0.05, 0) is 42.8 Å². The molecule has 1 aliphatic heterocycles. The number of thiazole rings is 1. The van der Waals surface area contributed by atoms with Gasteiger partial charge in [0.15, 0.2) is 10.7 Å². The van der Waals surface area contributed by atoms with Gasteiger partial charge in [0, 0.05) is 17.4 Å². The van der Waals surface area contributed by atoms with Crippen molar-refractivity contribution in [2.45, 2.75) is 18.9 Å². The smallest absolute Gasteiger partial charge is 0.339 e. The Labute approximate surface area is 166 Å². The normalized spacial score (nSPS) is 18.1. The predicted octanol–water partition coefficient (Wildman–Crippen LogP) is 3.93. The molecule has 0 spiro atoms. The zero-order valence-corrected chi connectivity index (χ0v) is 16.2. The van der Waals surface area contributed by atoms with E-state index in [2.05, 4.69) is 10.3 Å². The van der Waals surface area contributed by atoms with E-state index in [1.165, 1.54) is 11.3 Å². The Hall–Kier alpha value is -3.19. The van der Waals surface area contributed by atoms with E-state index >= 15 is 0 Å². The van der Waals surface area contributed by atoms with Crippen LogP contribution < -0.4 is 10.1 Å². The number of anilines is 1. The zero-order valence-electron chi connectivity index (χ0n) is 15.4. The predicted molar refractivity (Wildman–Crippen MR) is 107 cm³/mol. The maximum absolute atomic E-state index is 12.8. The van der Waals surface area contributed by atoms with Gasteiger partial charge in [0.25, 0.3) is 5.91 Å². The van der Waals surface area contributed by atoms with Gasteiger partial charge >= 0.3 is 5.97 Å². The minimum absolute atomic E-state index is 0.317. The van der Waals surface area contributed by atoms with Gasteiger partial charge in [-0.2, -0.15) is 0 Å². The number of carbonyl (C=O) groups excluding carboxylic acids is 2. The number of amides is 1. The van der Waals surface area contributed by atoms with Crippen molar-refractivity contribution in [1.29, 1.82) is 0 Å². The third-order valence-electron chi connectivity index (χ3n) is 4.67. The van der Waals surface area contributed by atoms with Crippen LogP contribution in [0.15, 0.2) is 53.9 Å². The molecule has 0 radical (unpaired) electrons. The van der Waals surface area contributed by atoms with Crippen LogP contribution in [-0.2, 0) is 16.0 Å². The highest BCUT2D eigenvalue weighted by Crippen LogP contribution is 2.31. The summed E-state index contributed by atoms with van der Waals surface area (Å²) in [6.07, 6.45) is 0.317. The van der Waals surface area contributed by atoms with Gasteiger partial charge in [0.1, 0.15) is 5.75 Å². The van der Waals surface area contributed by atoms with Crippen LogP contribution in [0.2, 0.25) is 0 Å². The molecule has 2 heterocycles. The molecule has 3 aromatic rings. The lowest BCUT2D eigenvalue weighted by Gasteiger charge is -2.32. The van der Waals surface area contributed by atoms with E-state index in [1.54, 1.807) is 26.2 Å². The first-order chi connectivity index (χ1) is 13.5. The molecule has 1 aromatic heterocycles. The molecule has 28 heavy (non-hydrogen) atoms. The highest BCUT2D eigenvalue weighted by molar-refractivity contribution is 7.14. The summed E-state index contributed by atoms with van der Waals surface area (Å²) in [5, 5.41) is 5.10. The second-order valence-electron chi connectivity index (χ2n) is 6.67. The molecule has 0 bridgehead atoms. The maximum Gasteiger partial charge on any atom is 0.339 e. The number of methoxy groups -OCH3 is 1. The molecule has 1 aliphatic rings. The Bertz CT molecular complexity index is 1040. The number of hydrogen-bond donors (Lipinski definition) is 1. The average molecular weight is 394 g/mol. The van der Waals surface area contributed by atoms with E-state index in [0.29, 0.717) is 17.1 Å². The van der Waals surface area contributed by atoms with Crippen molar-refractivity contribution < 1.29 is 19.1 Å². The topological polar surface area (TPSA) is 77.5 Å². The summed E-state index contributed by atoms with van der Waals surface area (Å²) < 4.78 is 10.6. The van der Waals surface area contributed by atoms with Gasteiger partial charge in [0.2, 0.25) is 0 Å². The van der Waals surface area contributed by atoms with Crippen LogP contribution in [0.25, 0.3) is 11.3 Å². The molecular formula is C21H18N2O4S. The van der Waals surface area contributed by atoms with Crippen LogP contribution in [0.5, 0.6) is 5.75 Å². The summed E-state index contributed by atoms with van der Waals surface area (Å²) in [7, 11) is 1.61. The van der Waals surface area contributed by atoms with Gasteiger partial charge in [-0.3, -0.25) is 10.1 Å². The monoisotopic (exact) mass is 394 g/mol. The van der Waals surface area contributed by atoms with Gasteiger partial charge in [-0.25, -0.2) is 9.78 Å². The third-order valence-corrected chi connectivity index (χ3v) is 5.43. The number of nitrogens with zero attached hydrogens (tertiary/aromatic N) is 1. The maximum atomic E-state index is 12.8. The van der Waals surface area contributed by atoms with Crippen molar-refractivity contribution in [2.75, 3.05) is 12.4 Å². The lowest BCUT2D eigenvalue weighted by molar-refractivity contribution is -0.134. The molecule has 4 rings (SSSR count). The molecule has 142 valence electrons. The molecule has 0 unspecified atom stereocenters. The van der Waals surface area contributed by atoms with E-state index in [9.17, 15) is 9.59 Å². The van der Waals surface area contributed by atoms with E-state index in [4.69, 9.17) is 9.47 Å². The van der Waals surface area contributed by atoms with E-state index in [0.717, 1.165) is 22.6 Å². The lowest BCUT2D eigenvalue weighted by atomic mass is 9.89. The van der Waals surface area contributed by atoms with Crippen LogP contribution in [0.1, 0.15) is 22.8 Å². The summed E-state index contributed by atoms with van der Waals surface area (Å²) in [6, 6.07) is 14.7. The van der Waals surface area contributed by atoms with Crippen molar-refractivity contribution >= 4 is 28.3 Å². The fraction of sp³-hybridized carbons (Fsp3) is 0.190. The van der Waals surface area contributed by atoms with Crippen molar-refractivity contribution in [3.8, 4) is 17.0 Å². The number of carbonyl (C=O) groups is 2. The standard InChI is InChI=1S/C21H18N2O4S/c1-21(11-14-5-3-4-6-16(14)18(24)27-21)19(25)23-20-22-17(12-28-20)13-7-9-15(26-2)10-8-13/h3-10,12H,11H2,1-2H3,(H,22,23,25)/t21-/m0/s1. The SMILES string of the molecule is COc1ccc(-c2csc(NC(=O)[C@]3(C)Cc4ccccc4C(=O)O3)n2)cc1. The van der Waals surface area contributed by atoms with Crippen LogP contribution in [0.3, 0.4) is 0 Å². The Kier molecular flexibility index (Phi) is 4.60. The highest BCUT2D eigenvalue weighted by atomic mass is 32.1. The van der Waals surface area contributed by atoms with Crippen molar-refractivity contribution in [1.82, 2.24) is 4.98 Å². The Balaban J connectivity index is 1.51. The molecule has 0 fully saturated rings. The molecule has 6 nitrogen and oxygen atoms in total. The molecular weight excluding hydrogens is 376 g/mol. The van der Waals surface area contributed by atoms with E-state index in [1.807, 2.05) is 41.8 Å². The van der Waals surface area contributed by atoms with Crippen LogP contribution in [0.4, 0.5) is 5.13 Å². The Morgan fingerprint density at radius 2 is 1.96 bits per heavy atom. The molecule has 0 saturated heterocycles. The molecule has 0 aliphatic carbocycles. The van der Waals surface area contributed by atoms with E-state index in [-0.39, 0.29) is 0 Å². The molecule has 0 saturated carbocycles. The average Bonchev–Trinajstić information content (AvgIpc) is 3.16. The van der Waals surface area contributed by atoms with Crippen LogP contribution in [0, 0.1) is 0 Å². The fourth-order valence-corrected chi connectivity index (χ4v) is 3.83. The number of hydrogen-bond acceptors (Lipinski definition) is 6. The number of cyclic esters (lactones) is 1. The minimum atomic E-state index is -1.28. The summed E-state index contributed by atoms with van der Waals surface area (Å²) in [5.74, 6) is -0.122. The summed E-state index contributed by atoms with van der Waals surface area (Å²) in [5.41, 5.74) is 1.69. The number of esters is 1. The number of fused-ring (bicyclic) bond motifs is 1. The first kappa shape index (κ1) is 18.2. The number of nitrogens with one attached hydrogen (secondary N) is 1. The summed E-state index contributed by atoms with van der Waals surface area (Å²) in [6.45, 7) is 1.62. The molecule has 2 aromatic carbocycles. The van der Waals surface area contributed by atoms with Crippen LogP contribution in [-0.4, -0.2) is 29.6 Å². The highest BCUT2D eigenvalue weighted by Gasteiger charge is 2.42. The zero-order chi connectivity index (χ0) is 19.7. The second kappa shape index (κ2) is 7.09. The van der Waals surface area contributed by atoms with E-state index < -0.39 is 17.5 Å². The second-order valence-corrected chi connectivity index (χ2v) is 7.53. The van der Waals surface area contributed by atoms with Gasteiger partial charge in [-0.1, -0.05) is 18.2 Å². The number of aromatic nitrogens is 1. The number of rotatable bonds is 4. The molecule has 7 heteroatoms. The molecule has 1 amide bonds.